The van der Waals surface area contributed by atoms with Crippen molar-refractivity contribution < 1.29 is 0 Å². The number of hydrogen-bond donors (Lipinski definition) is 1. The summed E-state index contributed by atoms with van der Waals surface area (Å²) in [5, 5.41) is 4.55. The van der Waals surface area contributed by atoms with Crippen molar-refractivity contribution in [3.05, 3.63) is 17.5 Å². The Labute approximate surface area is 90.7 Å². The molecule has 1 heterocycles. The molecule has 2 aliphatic rings. The topological polar surface area (TPSA) is 43.8 Å². The molecular weight excluding hydrogens is 186 g/mol. The smallest absolute Gasteiger partial charge is 0.0537 e. The fourth-order valence-electron chi connectivity index (χ4n) is 2.47. The van der Waals surface area contributed by atoms with Gasteiger partial charge in [-0.2, -0.15) is 5.10 Å². The molecule has 0 spiro atoms. The van der Waals surface area contributed by atoms with Crippen molar-refractivity contribution in [2.75, 3.05) is 0 Å². The van der Waals surface area contributed by atoms with E-state index < -0.39 is 0 Å². The van der Waals surface area contributed by atoms with Gasteiger partial charge in [-0.3, -0.25) is 4.68 Å². The normalized spacial score (nSPS) is 23.1. The molecule has 0 radical (unpaired) electrons. The van der Waals surface area contributed by atoms with Crippen molar-refractivity contribution in [1.29, 1.82) is 0 Å². The molecular formula is C12H19N3. The molecule has 2 fully saturated rings. The second kappa shape index (κ2) is 3.34. The number of rotatable bonds is 4. The monoisotopic (exact) mass is 205 g/mol. The molecule has 3 nitrogen and oxygen atoms in total. The summed E-state index contributed by atoms with van der Waals surface area (Å²) in [5.74, 6) is 1.63. The minimum absolute atomic E-state index is 0.584. The van der Waals surface area contributed by atoms with Gasteiger partial charge in [-0.05, 0) is 38.5 Å². The van der Waals surface area contributed by atoms with E-state index in [1.54, 1.807) is 0 Å². The van der Waals surface area contributed by atoms with E-state index in [-0.39, 0.29) is 0 Å². The van der Waals surface area contributed by atoms with Gasteiger partial charge in [-0.25, -0.2) is 0 Å². The molecule has 1 aromatic heterocycles. The number of hydrogen-bond acceptors (Lipinski definition) is 2. The van der Waals surface area contributed by atoms with Gasteiger partial charge in [0.2, 0.25) is 0 Å². The van der Waals surface area contributed by atoms with Crippen LogP contribution in [0.5, 0.6) is 0 Å². The summed E-state index contributed by atoms with van der Waals surface area (Å²) in [7, 11) is 0. The van der Waals surface area contributed by atoms with E-state index in [0.717, 1.165) is 11.8 Å². The number of nitrogens with zero attached hydrogens (tertiary/aromatic N) is 2. The molecule has 0 saturated heterocycles. The largest absolute Gasteiger partial charge is 0.326 e. The predicted molar refractivity (Wildman–Crippen MR) is 59.5 cm³/mol. The summed E-state index contributed by atoms with van der Waals surface area (Å²) in [6.07, 6.45) is 7.39. The highest BCUT2D eigenvalue weighted by molar-refractivity contribution is 5.26. The standard InChI is InChI=1S/C12H19N3/c1-8(9-2-3-9)15-12(10-4-5-10)11(6-13)7-14-15/h7-10H,2-6,13H2,1H3. The Kier molecular flexibility index (Phi) is 2.09. The van der Waals surface area contributed by atoms with Crippen LogP contribution in [0, 0.1) is 5.92 Å². The molecule has 0 aromatic carbocycles. The maximum absolute atomic E-state index is 5.77. The van der Waals surface area contributed by atoms with Gasteiger partial charge in [0.1, 0.15) is 0 Å². The second-order valence-corrected chi connectivity index (χ2v) is 5.06. The maximum Gasteiger partial charge on any atom is 0.0537 e. The SMILES string of the molecule is CC(C1CC1)n1ncc(CN)c1C1CC1. The fourth-order valence-corrected chi connectivity index (χ4v) is 2.47. The van der Waals surface area contributed by atoms with Gasteiger partial charge in [-0.15, -0.1) is 0 Å². The lowest BCUT2D eigenvalue weighted by Crippen LogP contribution is -2.13. The first kappa shape index (κ1) is 9.40. The third kappa shape index (κ3) is 1.59. The summed E-state index contributed by atoms with van der Waals surface area (Å²) >= 11 is 0. The summed E-state index contributed by atoms with van der Waals surface area (Å²) in [4.78, 5) is 0. The quantitative estimate of drug-likeness (QED) is 0.818. The molecule has 2 N–H and O–H groups in total. The van der Waals surface area contributed by atoms with Gasteiger partial charge in [0, 0.05) is 23.7 Å². The first-order valence-electron chi connectivity index (χ1n) is 6.07. The van der Waals surface area contributed by atoms with Gasteiger partial charge in [0.15, 0.2) is 0 Å². The van der Waals surface area contributed by atoms with Gasteiger partial charge in [-0.1, -0.05) is 0 Å². The summed E-state index contributed by atoms with van der Waals surface area (Å²) < 4.78 is 2.26. The van der Waals surface area contributed by atoms with E-state index in [0.29, 0.717) is 12.6 Å². The van der Waals surface area contributed by atoms with Crippen molar-refractivity contribution in [3.8, 4) is 0 Å². The lowest BCUT2D eigenvalue weighted by molar-refractivity contribution is 0.424. The first-order chi connectivity index (χ1) is 7.31. The zero-order chi connectivity index (χ0) is 10.4. The molecule has 2 aliphatic carbocycles. The van der Waals surface area contributed by atoms with Crippen LogP contribution >= 0.6 is 0 Å². The molecule has 3 rings (SSSR count). The van der Waals surface area contributed by atoms with Crippen molar-refractivity contribution in [3.63, 3.8) is 0 Å². The van der Waals surface area contributed by atoms with Gasteiger partial charge < -0.3 is 5.73 Å². The molecule has 2 saturated carbocycles. The van der Waals surface area contributed by atoms with E-state index in [1.165, 1.54) is 36.9 Å². The summed E-state index contributed by atoms with van der Waals surface area (Å²) in [5.41, 5.74) is 8.48. The molecule has 3 heteroatoms. The van der Waals surface area contributed by atoms with Crippen LogP contribution in [-0.4, -0.2) is 9.78 Å². The Hall–Kier alpha value is -0.830. The predicted octanol–water partition coefficient (Wildman–Crippen LogP) is 2.19. The molecule has 0 aliphatic heterocycles. The minimum atomic E-state index is 0.584. The van der Waals surface area contributed by atoms with E-state index in [9.17, 15) is 0 Å². The molecule has 1 unspecified atom stereocenters. The highest BCUT2D eigenvalue weighted by atomic mass is 15.3. The Bertz CT molecular complexity index is 361. The Morgan fingerprint density at radius 2 is 2.20 bits per heavy atom. The van der Waals surface area contributed by atoms with Crippen LogP contribution < -0.4 is 5.73 Å². The average Bonchev–Trinajstić information content (AvgIpc) is 3.12. The summed E-state index contributed by atoms with van der Waals surface area (Å²) in [6, 6.07) is 0.584. The van der Waals surface area contributed by atoms with Crippen molar-refractivity contribution in [2.45, 2.75) is 51.1 Å². The molecule has 15 heavy (non-hydrogen) atoms. The third-order valence-corrected chi connectivity index (χ3v) is 3.79. The van der Waals surface area contributed by atoms with Crippen LogP contribution in [0.2, 0.25) is 0 Å². The van der Waals surface area contributed by atoms with Gasteiger partial charge in [0.25, 0.3) is 0 Å². The van der Waals surface area contributed by atoms with Crippen LogP contribution in [0.3, 0.4) is 0 Å². The summed E-state index contributed by atoms with van der Waals surface area (Å²) in [6.45, 7) is 2.94. The van der Waals surface area contributed by atoms with Crippen molar-refractivity contribution in [1.82, 2.24) is 9.78 Å². The molecule has 1 atom stereocenters. The molecule has 1 aromatic rings. The van der Waals surface area contributed by atoms with Gasteiger partial charge in [0.05, 0.1) is 12.2 Å². The van der Waals surface area contributed by atoms with Crippen LogP contribution in [0.1, 0.15) is 55.8 Å². The molecule has 82 valence electrons. The number of aromatic nitrogens is 2. The van der Waals surface area contributed by atoms with Crippen molar-refractivity contribution >= 4 is 0 Å². The fraction of sp³-hybridized carbons (Fsp3) is 0.750. The van der Waals surface area contributed by atoms with Crippen molar-refractivity contribution in [2.24, 2.45) is 11.7 Å². The van der Waals surface area contributed by atoms with Crippen LogP contribution in [0.15, 0.2) is 6.20 Å². The van der Waals surface area contributed by atoms with E-state index >= 15 is 0 Å². The minimum Gasteiger partial charge on any atom is -0.326 e. The lowest BCUT2D eigenvalue weighted by atomic mass is 10.1. The van der Waals surface area contributed by atoms with Crippen LogP contribution in [0.25, 0.3) is 0 Å². The first-order valence-corrected chi connectivity index (χ1v) is 6.07. The zero-order valence-corrected chi connectivity index (χ0v) is 9.32. The molecule has 0 amide bonds. The molecule has 0 bridgehead atoms. The maximum atomic E-state index is 5.77. The number of nitrogens with two attached hydrogens (primary N) is 1. The third-order valence-electron chi connectivity index (χ3n) is 3.79. The average molecular weight is 205 g/mol. The van der Waals surface area contributed by atoms with Crippen LogP contribution in [-0.2, 0) is 6.54 Å². The lowest BCUT2D eigenvalue weighted by Gasteiger charge is -2.15. The highest BCUT2D eigenvalue weighted by Crippen LogP contribution is 2.45. The highest BCUT2D eigenvalue weighted by Gasteiger charge is 2.35. The van der Waals surface area contributed by atoms with Gasteiger partial charge >= 0.3 is 0 Å². The Balaban J connectivity index is 1.94. The van der Waals surface area contributed by atoms with E-state index in [4.69, 9.17) is 5.73 Å². The second-order valence-electron chi connectivity index (χ2n) is 5.06. The van der Waals surface area contributed by atoms with E-state index in [1.807, 2.05) is 6.20 Å². The Morgan fingerprint density at radius 1 is 1.47 bits per heavy atom. The van der Waals surface area contributed by atoms with E-state index in [2.05, 4.69) is 16.7 Å². The van der Waals surface area contributed by atoms with Crippen LogP contribution in [0.4, 0.5) is 0 Å². The Morgan fingerprint density at radius 3 is 2.73 bits per heavy atom. The zero-order valence-electron chi connectivity index (χ0n) is 9.32.